The van der Waals surface area contributed by atoms with Gasteiger partial charge in [0.15, 0.2) is 0 Å². The Balaban J connectivity index is 1.53. The number of hydrogen-bond acceptors (Lipinski definition) is 4. The summed E-state index contributed by atoms with van der Waals surface area (Å²) in [5, 5.41) is 9.14. The minimum atomic E-state index is -0.131. The molecule has 0 aliphatic heterocycles. The molecule has 0 bridgehead atoms. The van der Waals surface area contributed by atoms with Gasteiger partial charge in [0.25, 0.3) is 0 Å². The fraction of sp³-hybridized carbons (Fsp3) is 0.389. The average Bonchev–Trinajstić information content (AvgIpc) is 2.57. The molecule has 1 saturated carbocycles. The topological polar surface area (TPSA) is 78.9 Å². The lowest BCUT2D eigenvalue weighted by molar-refractivity contribution is 0.244. The lowest BCUT2D eigenvalue weighted by Gasteiger charge is -2.22. The summed E-state index contributed by atoms with van der Waals surface area (Å²) in [6, 6.07) is 9.62. The molecule has 1 aliphatic rings. The number of carbonyl (C=O) groups excluding carboxylic acids is 1. The Morgan fingerprint density at radius 1 is 1.04 bits per heavy atom. The van der Waals surface area contributed by atoms with Gasteiger partial charge in [-0.2, -0.15) is 0 Å². The van der Waals surface area contributed by atoms with Crippen LogP contribution >= 0.6 is 0 Å². The molecule has 6 heteroatoms. The molecule has 2 aromatic rings. The maximum Gasteiger partial charge on any atom is 0.319 e. The highest BCUT2D eigenvalue weighted by atomic mass is 16.2. The lowest BCUT2D eigenvalue weighted by Crippen LogP contribution is -2.38. The third-order valence-corrected chi connectivity index (χ3v) is 4.16. The highest BCUT2D eigenvalue weighted by Crippen LogP contribution is 2.19. The number of urea groups is 1. The van der Waals surface area contributed by atoms with Crippen LogP contribution in [0.15, 0.2) is 36.7 Å². The monoisotopic (exact) mass is 325 g/mol. The van der Waals surface area contributed by atoms with Crippen molar-refractivity contribution in [3.05, 3.63) is 42.4 Å². The number of benzene rings is 1. The summed E-state index contributed by atoms with van der Waals surface area (Å²) in [5.41, 5.74) is 2.59. The Hall–Kier alpha value is -2.63. The summed E-state index contributed by atoms with van der Waals surface area (Å²) in [5.74, 6) is 0.748. The second-order valence-electron chi connectivity index (χ2n) is 6.18. The van der Waals surface area contributed by atoms with Gasteiger partial charge < -0.3 is 16.0 Å². The number of carbonyl (C=O) groups is 1. The molecule has 0 radical (unpaired) electrons. The van der Waals surface area contributed by atoms with Crippen LogP contribution in [0.25, 0.3) is 0 Å². The van der Waals surface area contributed by atoms with E-state index in [-0.39, 0.29) is 6.03 Å². The number of amides is 2. The zero-order valence-electron chi connectivity index (χ0n) is 13.9. The van der Waals surface area contributed by atoms with Crippen molar-refractivity contribution >= 4 is 23.2 Å². The summed E-state index contributed by atoms with van der Waals surface area (Å²) in [6.07, 6.45) is 7.37. The third kappa shape index (κ3) is 4.68. The number of aryl methyl sites for hydroxylation is 1. The fourth-order valence-electron chi connectivity index (χ4n) is 2.91. The molecule has 1 aromatic carbocycles. The van der Waals surface area contributed by atoms with Crippen molar-refractivity contribution in [2.24, 2.45) is 0 Å². The normalized spacial score (nSPS) is 14.9. The zero-order chi connectivity index (χ0) is 16.8. The van der Waals surface area contributed by atoms with Crippen molar-refractivity contribution in [1.82, 2.24) is 15.3 Å². The molecule has 1 fully saturated rings. The Morgan fingerprint density at radius 3 is 2.46 bits per heavy atom. The quantitative estimate of drug-likeness (QED) is 0.794. The van der Waals surface area contributed by atoms with Crippen LogP contribution in [0.1, 0.15) is 37.8 Å². The Morgan fingerprint density at radius 2 is 1.75 bits per heavy atom. The molecule has 3 rings (SSSR count). The van der Waals surface area contributed by atoms with E-state index in [0.29, 0.717) is 6.04 Å². The molecule has 24 heavy (non-hydrogen) atoms. The minimum absolute atomic E-state index is 0.131. The van der Waals surface area contributed by atoms with Crippen LogP contribution in [0.4, 0.5) is 22.0 Å². The Kier molecular flexibility index (Phi) is 5.25. The van der Waals surface area contributed by atoms with Gasteiger partial charge in [-0.25, -0.2) is 14.8 Å². The maximum absolute atomic E-state index is 12.0. The molecular formula is C18H23N5O. The molecule has 1 aromatic heterocycles. The molecular weight excluding hydrogens is 302 g/mol. The van der Waals surface area contributed by atoms with Crippen LogP contribution < -0.4 is 16.0 Å². The van der Waals surface area contributed by atoms with Crippen LogP contribution in [0.5, 0.6) is 0 Å². The second kappa shape index (κ2) is 7.77. The van der Waals surface area contributed by atoms with Crippen LogP contribution in [0.3, 0.4) is 0 Å². The molecule has 1 heterocycles. The molecule has 0 saturated heterocycles. The molecule has 3 N–H and O–H groups in total. The van der Waals surface area contributed by atoms with E-state index in [1.165, 1.54) is 25.6 Å². The first-order chi connectivity index (χ1) is 11.7. The van der Waals surface area contributed by atoms with Crippen molar-refractivity contribution in [3.8, 4) is 0 Å². The summed E-state index contributed by atoms with van der Waals surface area (Å²) >= 11 is 0. The Labute approximate surface area is 142 Å². The lowest BCUT2D eigenvalue weighted by atomic mass is 9.96. The van der Waals surface area contributed by atoms with E-state index in [0.717, 1.165) is 35.7 Å². The number of nitrogens with one attached hydrogen (secondary N) is 3. The first-order valence-corrected chi connectivity index (χ1v) is 8.42. The van der Waals surface area contributed by atoms with Gasteiger partial charge in [-0.05, 0) is 44.0 Å². The molecule has 2 amide bonds. The number of nitrogens with zero attached hydrogens (tertiary/aromatic N) is 2. The van der Waals surface area contributed by atoms with Crippen LogP contribution in [0.2, 0.25) is 0 Å². The van der Waals surface area contributed by atoms with Crippen molar-refractivity contribution in [1.29, 1.82) is 0 Å². The predicted octanol–water partition coefficient (Wildman–Crippen LogP) is 3.98. The van der Waals surface area contributed by atoms with Gasteiger partial charge in [0.1, 0.15) is 12.1 Å². The molecule has 0 atom stereocenters. The van der Waals surface area contributed by atoms with Gasteiger partial charge >= 0.3 is 6.03 Å². The van der Waals surface area contributed by atoms with Crippen molar-refractivity contribution in [3.63, 3.8) is 0 Å². The van der Waals surface area contributed by atoms with Crippen molar-refractivity contribution in [2.75, 3.05) is 10.6 Å². The van der Waals surface area contributed by atoms with Gasteiger partial charge in [-0.1, -0.05) is 19.3 Å². The van der Waals surface area contributed by atoms with Gasteiger partial charge in [0.05, 0.1) is 0 Å². The summed E-state index contributed by atoms with van der Waals surface area (Å²) in [6.45, 7) is 1.92. The summed E-state index contributed by atoms with van der Waals surface area (Å²) < 4.78 is 0. The second-order valence-corrected chi connectivity index (χ2v) is 6.18. The van der Waals surface area contributed by atoms with E-state index in [9.17, 15) is 4.79 Å². The highest BCUT2D eigenvalue weighted by molar-refractivity contribution is 5.89. The highest BCUT2D eigenvalue weighted by Gasteiger charge is 2.15. The fourth-order valence-corrected chi connectivity index (χ4v) is 2.91. The van der Waals surface area contributed by atoms with Crippen molar-refractivity contribution < 1.29 is 4.79 Å². The molecule has 0 spiro atoms. The van der Waals surface area contributed by atoms with Crippen LogP contribution in [-0.4, -0.2) is 22.0 Å². The molecule has 126 valence electrons. The Bertz CT molecular complexity index is 680. The summed E-state index contributed by atoms with van der Waals surface area (Å²) in [4.78, 5) is 20.3. The number of hydrogen-bond donors (Lipinski definition) is 3. The maximum atomic E-state index is 12.0. The summed E-state index contributed by atoms with van der Waals surface area (Å²) in [7, 11) is 0. The van der Waals surface area contributed by atoms with Gasteiger partial charge in [-0.15, -0.1) is 0 Å². The largest absolute Gasteiger partial charge is 0.340 e. The van der Waals surface area contributed by atoms with E-state index in [2.05, 4.69) is 25.9 Å². The SMILES string of the molecule is Cc1cc(Nc2ccc(NC(=O)NC3CCCCC3)cc2)ncn1. The third-order valence-electron chi connectivity index (χ3n) is 4.16. The number of aromatic nitrogens is 2. The average molecular weight is 325 g/mol. The smallest absolute Gasteiger partial charge is 0.319 e. The van der Waals surface area contributed by atoms with E-state index >= 15 is 0 Å². The first-order valence-electron chi connectivity index (χ1n) is 8.42. The van der Waals surface area contributed by atoms with Crippen molar-refractivity contribution in [2.45, 2.75) is 45.1 Å². The van der Waals surface area contributed by atoms with Crippen LogP contribution in [-0.2, 0) is 0 Å². The van der Waals surface area contributed by atoms with Gasteiger partial charge in [-0.3, -0.25) is 0 Å². The number of rotatable bonds is 4. The van der Waals surface area contributed by atoms with E-state index in [1.54, 1.807) is 0 Å². The first kappa shape index (κ1) is 16.2. The van der Waals surface area contributed by atoms with E-state index < -0.39 is 0 Å². The zero-order valence-corrected chi connectivity index (χ0v) is 13.9. The molecule has 1 aliphatic carbocycles. The minimum Gasteiger partial charge on any atom is -0.340 e. The van der Waals surface area contributed by atoms with E-state index in [1.807, 2.05) is 37.3 Å². The standard InChI is InChI=1S/C18H23N5O/c1-13-11-17(20-12-19-13)21-15-7-9-16(10-8-15)23-18(24)22-14-5-3-2-4-6-14/h7-12,14H,2-6H2,1H3,(H,19,20,21)(H2,22,23,24). The number of anilines is 3. The van der Waals surface area contributed by atoms with E-state index in [4.69, 9.17) is 0 Å². The van der Waals surface area contributed by atoms with Gasteiger partial charge in [0.2, 0.25) is 0 Å². The van der Waals surface area contributed by atoms with Crippen LogP contribution in [0, 0.1) is 6.92 Å². The molecule has 6 nitrogen and oxygen atoms in total. The molecule has 0 unspecified atom stereocenters. The predicted molar refractivity (Wildman–Crippen MR) is 95.5 cm³/mol. The van der Waals surface area contributed by atoms with Gasteiger partial charge in [0, 0.05) is 29.2 Å².